The Bertz CT molecular complexity index is 1110. The highest BCUT2D eigenvalue weighted by molar-refractivity contribution is 5.85. The van der Waals surface area contributed by atoms with E-state index in [2.05, 4.69) is 0 Å². The summed E-state index contributed by atoms with van der Waals surface area (Å²) >= 11 is 0. The number of quaternary nitrogens is 1. The minimum atomic E-state index is -1.86. The average Bonchev–Trinajstić information content (AvgIpc) is 2.93. The molecule has 3 heterocycles. The van der Waals surface area contributed by atoms with Crippen LogP contribution in [0.4, 0.5) is 4.39 Å². The van der Waals surface area contributed by atoms with Gasteiger partial charge in [-0.25, -0.2) is 9.18 Å². The number of halogens is 1. The van der Waals surface area contributed by atoms with Crippen molar-refractivity contribution in [2.24, 2.45) is 5.92 Å². The summed E-state index contributed by atoms with van der Waals surface area (Å²) < 4.78 is 25.9. The molecule has 3 aliphatic heterocycles. The lowest BCUT2D eigenvalue weighted by molar-refractivity contribution is -0.946. The molecule has 0 aromatic heterocycles. The quantitative estimate of drug-likeness (QED) is 0.269. The van der Waals surface area contributed by atoms with Gasteiger partial charge in [-0.05, 0) is 35.4 Å². The SMILES string of the molecule is O=C(OC1C[N+]2(CCCOc3ccc(F)cc3)CCC1CC2)C(O)(c1ccccc1)c1ccccc1. The molecule has 1 unspecified atom stereocenters. The fraction of sp³-hybridized carbons (Fsp3) is 0.367. The molecule has 3 aromatic carbocycles. The Morgan fingerprint density at radius 3 is 2.08 bits per heavy atom. The van der Waals surface area contributed by atoms with E-state index in [1.165, 1.54) is 12.1 Å². The fourth-order valence-corrected chi connectivity index (χ4v) is 5.77. The van der Waals surface area contributed by atoms with Gasteiger partial charge in [-0.1, -0.05) is 60.7 Å². The number of hydrogen-bond donors (Lipinski definition) is 1. The smallest absolute Gasteiger partial charge is 0.348 e. The van der Waals surface area contributed by atoms with Crippen LogP contribution >= 0.6 is 0 Å². The van der Waals surface area contributed by atoms with E-state index in [1.807, 2.05) is 36.4 Å². The number of aliphatic hydroxyl groups is 1. The lowest BCUT2D eigenvalue weighted by atomic mass is 9.82. The number of fused-ring (bicyclic) bond motifs is 3. The van der Waals surface area contributed by atoms with E-state index in [1.54, 1.807) is 36.4 Å². The Morgan fingerprint density at radius 1 is 0.917 bits per heavy atom. The Labute approximate surface area is 211 Å². The summed E-state index contributed by atoms with van der Waals surface area (Å²) in [5.41, 5.74) is -0.851. The van der Waals surface area contributed by atoms with Gasteiger partial charge < -0.3 is 19.1 Å². The fourth-order valence-electron chi connectivity index (χ4n) is 5.77. The number of hydrogen-bond acceptors (Lipinski definition) is 4. The van der Waals surface area contributed by atoms with E-state index in [0.717, 1.165) is 49.9 Å². The second-order valence-corrected chi connectivity index (χ2v) is 10.1. The molecule has 0 spiro atoms. The third-order valence-corrected chi connectivity index (χ3v) is 7.84. The Hall–Kier alpha value is -3.22. The topological polar surface area (TPSA) is 55.8 Å². The van der Waals surface area contributed by atoms with Crippen LogP contribution in [0.3, 0.4) is 0 Å². The summed E-state index contributed by atoms with van der Waals surface area (Å²) in [4.78, 5) is 13.6. The van der Waals surface area contributed by atoms with Crippen molar-refractivity contribution in [2.45, 2.75) is 31.0 Å². The molecular weight excluding hydrogens is 457 g/mol. The first kappa shape index (κ1) is 24.5. The highest BCUT2D eigenvalue weighted by atomic mass is 19.1. The molecule has 5 nitrogen and oxygen atoms in total. The number of benzene rings is 3. The number of carbonyl (C=O) groups is 1. The van der Waals surface area contributed by atoms with E-state index >= 15 is 0 Å². The van der Waals surface area contributed by atoms with Gasteiger partial charge in [-0.15, -0.1) is 0 Å². The van der Waals surface area contributed by atoms with Crippen LogP contribution in [0.5, 0.6) is 5.75 Å². The molecule has 3 aliphatic rings. The van der Waals surface area contributed by atoms with Crippen molar-refractivity contribution in [2.75, 3.05) is 32.8 Å². The molecule has 0 amide bonds. The summed E-state index contributed by atoms with van der Waals surface area (Å²) in [6, 6.07) is 24.1. The molecule has 2 bridgehead atoms. The second-order valence-electron chi connectivity index (χ2n) is 10.1. The molecule has 0 radical (unpaired) electrons. The first-order chi connectivity index (χ1) is 17.5. The van der Waals surface area contributed by atoms with Gasteiger partial charge in [0, 0.05) is 25.2 Å². The van der Waals surface area contributed by atoms with E-state index in [-0.39, 0.29) is 11.9 Å². The van der Waals surface area contributed by atoms with Crippen LogP contribution in [0, 0.1) is 11.7 Å². The van der Waals surface area contributed by atoms with Gasteiger partial charge in [0.1, 0.15) is 18.1 Å². The van der Waals surface area contributed by atoms with Crippen LogP contribution in [0.2, 0.25) is 0 Å². The van der Waals surface area contributed by atoms with Gasteiger partial charge in [0.2, 0.25) is 5.60 Å². The predicted molar refractivity (Wildman–Crippen MR) is 135 cm³/mol. The number of esters is 1. The van der Waals surface area contributed by atoms with Crippen molar-refractivity contribution in [3.8, 4) is 5.75 Å². The molecule has 36 heavy (non-hydrogen) atoms. The number of ether oxygens (including phenoxy) is 2. The minimum absolute atomic E-state index is 0.225. The molecule has 0 aliphatic carbocycles. The Morgan fingerprint density at radius 2 is 1.50 bits per heavy atom. The third-order valence-electron chi connectivity index (χ3n) is 7.84. The summed E-state index contributed by atoms with van der Waals surface area (Å²) in [6.07, 6.45) is 2.65. The standard InChI is InChI=1S/C30H33FNO4/c31-26-12-14-27(15-13-26)35-21-7-18-32-19-16-23(17-20-32)28(22-32)36-29(33)30(34,24-8-3-1-4-9-24)25-10-5-2-6-11-25/h1-6,8-15,23,28,34H,7,16-22H2/q+1. The summed E-state index contributed by atoms with van der Waals surface area (Å²) in [7, 11) is 0. The number of nitrogens with zero attached hydrogens (tertiary/aromatic N) is 1. The first-order valence-electron chi connectivity index (χ1n) is 12.8. The Kier molecular flexibility index (Phi) is 7.08. The molecule has 1 atom stereocenters. The molecule has 3 saturated heterocycles. The number of piperidine rings is 3. The maximum absolute atomic E-state index is 13.6. The summed E-state index contributed by atoms with van der Waals surface area (Å²) in [6.45, 7) is 4.38. The van der Waals surface area contributed by atoms with E-state index in [4.69, 9.17) is 9.47 Å². The first-order valence-corrected chi connectivity index (χ1v) is 12.8. The highest BCUT2D eigenvalue weighted by Crippen LogP contribution is 2.38. The van der Waals surface area contributed by atoms with Gasteiger partial charge in [0.15, 0.2) is 6.10 Å². The second kappa shape index (κ2) is 10.4. The minimum Gasteiger partial charge on any atom is -0.493 e. The van der Waals surface area contributed by atoms with Crippen LogP contribution in [-0.4, -0.2) is 54.4 Å². The zero-order valence-electron chi connectivity index (χ0n) is 20.4. The van der Waals surface area contributed by atoms with Crippen molar-refractivity contribution in [1.29, 1.82) is 0 Å². The summed E-state index contributed by atoms with van der Waals surface area (Å²) in [5, 5.41) is 11.8. The largest absolute Gasteiger partial charge is 0.493 e. The van der Waals surface area contributed by atoms with Crippen LogP contribution in [0.25, 0.3) is 0 Å². The van der Waals surface area contributed by atoms with Crippen LogP contribution in [0.15, 0.2) is 84.9 Å². The van der Waals surface area contributed by atoms with Gasteiger partial charge in [0.05, 0.1) is 26.2 Å². The van der Waals surface area contributed by atoms with Crippen LogP contribution in [-0.2, 0) is 15.1 Å². The molecule has 6 rings (SSSR count). The number of carbonyl (C=O) groups excluding carboxylic acids is 1. The van der Waals surface area contributed by atoms with E-state index in [0.29, 0.717) is 29.4 Å². The van der Waals surface area contributed by atoms with Crippen molar-refractivity contribution in [3.05, 3.63) is 102 Å². The zero-order valence-corrected chi connectivity index (χ0v) is 20.4. The number of rotatable bonds is 9. The molecule has 3 fully saturated rings. The normalized spacial score (nSPS) is 23.3. The van der Waals surface area contributed by atoms with Gasteiger partial charge >= 0.3 is 5.97 Å². The molecule has 0 saturated carbocycles. The van der Waals surface area contributed by atoms with Gasteiger partial charge in [0.25, 0.3) is 0 Å². The maximum Gasteiger partial charge on any atom is 0.348 e. The van der Waals surface area contributed by atoms with Crippen LogP contribution in [0.1, 0.15) is 30.4 Å². The molecule has 6 heteroatoms. The average molecular weight is 491 g/mol. The zero-order chi connectivity index (χ0) is 25.0. The van der Waals surface area contributed by atoms with Crippen LogP contribution < -0.4 is 4.74 Å². The maximum atomic E-state index is 13.6. The predicted octanol–water partition coefficient (Wildman–Crippen LogP) is 4.68. The van der Waals surface area contributed by atoms with E-state index < -0.39 is 11.6 Å². The molecular formula is C30H33FNO4+. The van der Waals surface area contributed by atoms with Gasteiger partial charge in [-0.3, -0.25) is 0 Å². The van der Waals surface area contributed by atoms with Crippen molar-refractivity contribution < 1.29 is 28.2 Å². The molecule has 188 valence electrons. The van der Waals surface area contributed by atoms with Crippen molar-refractivity contribution >= 4 is 5.97 Å². The van der Waals surface area contributed by atoms with Crippen molar-refractivity contribution in [3.63, 3.8) is 0 Å². The lowest BCUT2D eigenvalue weighted by Crippen LogP contribution is -2.65. The lowest BCUT2D eigenvalue weighted by Gasteiger charge is -2.52. The van der Waals surface area contributed by atoms with Crippen molar-refractivity contribution in [1.82, 2.24) is 0 Å². The molecule has 3 aromatic rings. The third kappa shape index (κ3) is 5.01. The van der Waals surface area contributed by atoms with E-state index in [9.17, 15) is 14.3 Å². The highest BCUT2D eigenvalue weighted by Gasteiger charge is 2.50. The molecule has 1 N–H and O–H groups in total. The summed E-state index contributed by atoms with van der Waals surface area (Å²) in [5.74, 6) is 0.0993. The Balaban J connectivity index is 1.25. The van der Waals surface area contributed by atoms with Gasteiger partial charge in [-0.2, -0.15) is 0 Å². The monoisotopic (exact) mass is 490 g/mol.